The van der Waals surface area contributed by atoms with Crippen molar-refractivity contribution in [3.63, 3.8) is 0 Å². The molecular weight excluding hydrogens is 359 g/mol. The third-order valence-corrected chi connectivity index (χ3v) is 5.16. The fourth-order valence-corrected chi connectivity index (χ4v) is 3.65. The quantitative estimate of drug-likeness (QED) is 0.831. The molecule has 2 aromatic rings. The van der Waals surface area contributed by atoms with Gasteiger partial charge in [0.1, 0.15) is 17.7 Å². The van der Waals surface area contributed by atoms with Crippen LogP contribution in [0.1, 0.15) is 23.2 Å². The molecule has 6 nitrogen and oxygen atoms in total. The van der Waals surface area contributed by atoms with Crippen LogP contribution in [0, 0.1) is 36.9 Å². The van der Waals surface area contributed by atoms with Gasteiger partial charge in [-0.1, -0.05) is 6.07 Å². The van der Waals surface area contributed by atoms with Crippen LogP contribution in [0.4, 0.5) is 10.2 Å². The van der Waals surface area contributed by atoms with Gasteiger partial charge in [0.05, 0.1) is 24.4 Å². The minimum absolute atomic E-state index is 0.202. The molecule has 0 saturated carbocycles. The van der Waals surface area contributed by atoms with Crippen LogP contribution in [0.2, 0.25) is 0 Å². The number of hydrogen-bond donors (Lipinski definition) is 1. The molecule has 1 N–H and O–H groups in total. The zero-order valence-electron chi connectivity index (χ0n) is 16.5. The van der Waals surface area contributed by atoms with E-state index in [9.17, 15) is 14.4 Å². The summed E-state index contributed by atoms with van der Waals surface area (Å²) in [5, 5.41) is 12.5. The van der Waals surface area contributed by atoms with E-state index in [1.165, 1.54) is 12.1 Å². The first-order chi connectivity index (χ1) is 13.4. The van der Waals surface area contributed by atoms with Crippen molar-refractivity contribution in [3.8, 4) is 11.8 Å². The maximum atomic E-state index is 13.8. The predicted octanol–water partition coefficient (Wildman–Crippen LogP) is 3.01. The normalized spacial score (nSPS) is 16.4. The van der Waals surface area contributed by atoms with Crippen molar-refractivity contribution in [2.75, 3.05) is 38.7 Å². The van der Waals surface area contributed by atoms with Crippen molar-refractivity contribution in [2.45, 2.75) is 20.3 Å². The van der Waals surface area contributed by atoms with Gasteiger partial charge in [0.15, 0.2) is 0 Å². The number of nitrogens with one attached hydrogen (secondary N) is 1. The summed E-state index contributed by atoms with van der Waals surface area (Å²) in [6, 6.07) is 8.27. The lowest BCUT2D eigenvalue weighted by atomic mass is 10.1. The number of amides is 1. The smallest absolute Gasteiger partial charge is 0.239 e. The number of nitriles is 1. The highest BCUT2D eigenvalue weighted by Crippen LogP contribution is 2.30. The second-order valence-electron chi connectivity index (χ2n) is 7.34. The average Bonchev–Trinajstić information content (AvgIpc) is 3.22. The first-order valence-corrected chi connectivity index (χ1v) is 9.34. The lowest BCUT2D eigenvalue weighted by Gasteiger charge is -2.20. The molecule has 0 aliphatic carbocycles. The van der Waals surface area contributed by atoms with E-state index in [2.05, 4.69) is 11.4 Å². The van der Waals surface area contributed by atoms with Gasteiger partial charge < -0.3 is 10.1 Å². The maximum Gasteiger partial charge on any atom is 0.239 e. The molecule has 1 saturated heterocycles. The molecule has 0 unspecified atom stereocenters. The number of anilines is 1. The fourth-order valence-electron chi connectivity index (χ4n) is 3.65. The zero-order chi connectivity index (χ0) is 20.3. The van der Waals surface area contributed by atoms with Gasteiger partial charge >= 0.3 is 0 Å². The van der Waals surface area contributed by atoms with Crippen molar-refractivity contribution in [1.82, 2.24) is 9.47 Å². The Hall–Kier alpha value is -2.69. The molecule has 1 fully saturated rings. The Labute approximate surface area is 164 Å². The highest BCUT2D eigenvalue weighted by Gasteiger charge is 2.22. The van der Waals surface area contributed by atoms with Crippen LogP contribution in [-0.4, -0.2) is 48.7 Å². The Morgan fingerprint density at radius 2 is 2.25 bits per heavy atom. The molecule has 1 aliphatic heterocycles. The summed E-state index contributed by atoms with van der Waals surface area (Å²) in [5.74, 6) is 0.226. The number of halogens is 1. The number of rotatable bonds is 6. The number of benzene rings is 1. The van der Waals surface area contributed by atoms with Gasteiger partial charge in [-0.3, -0.25) is 14.3 Å². The van der Waals surface area contributed by atoms with E-state index >= 15 is 0 Å². The van der Waals surface area contributed by atoms with Crippen LogP contribution in [0.25, 0.3) is 5.69 Å². The Morgan fingerprint density at radius 3 is 2.89 bits per heavy atom. The third kappa shape index (κ3) is 4.24. The molecule has 0 bridgehead atoms. The number of ether oxygens (including phenoxy) is 1. The largest absolute Gasteiger partial charge is 0.381 e. The van der Waals surface area contributed by atoms with Crippen molar-refractivity contribution >= 4 is 11.7 Å². The van der Waals surface area contributed by atoms with Crippen molar-refractivity contribution in [2.24, 2.45) is 5.92 Å². The van der Waals surface area contributed by atoms with Gasteiger partial charge in [0, 0.05) is 18.8 Å². The molecular formula is C21H25FN4O2. The maximum absolute atomic E-state index is 13.8. The number of aromatic nitrogens is 1. The van der Waals surface area contributed by atoms with E-state index in [-0.39, 0.29) is 18.3 Å². The molecule has 1 aromatic carbocycles. The van der Waals surface area contributed by atoms with Crippen LogP contribution in [-0.2, 0) is 9.53 Å². The zero-order valence-corrected chi connectivity index (χ0v) is 16.5. The molecule has 7 heteroatoms. The van der Waals surface area contributed by atoms with E-state index in [1.54, 1.807) is 16.7 Å². The van der Waals surface area contributed by atoms with Gasteiger partial charge in [-0.25, -0.2) is 4.39 Å². The van der Waals surface area contributed by atoms with E-state index in [1.807, 2.05) is 25.8 Å². The van der Waals surface area contributed by atoms with Gasteiger partial charge in [0.2, 0.25) is 5.91 Å². The summed E-state index contributed by atoms with van der Waals surface area (Å²) in [7, 11) is 1.89. The molecule has 148 valence electrons. The highest BCUT2D eigenvalue weighted by molar-refractivity contribution is 5.93. The van der Waals surface area contributed by atoms with Crippen LogP contribution >= 0.6 is 0 Å². The Bertz CT molecular complexity index is 910. The van der Waals surface area contributed by atoms with Gasteiger partial charge in [-0.15, -0.1) is 0 Å². The first kappa shape index (κ1) is 20.1. The van der Waals surface area contributed by atoms with Gasteiger partial charge in [-0.2, -0.15) is 5.26 Å². The van der Waals surface area contributed by atoms with Gasteiger partial charge in [0.25, 0.3) is 0 Å². The monoisotopic (exact) mass is 384 g/mol. The number of likely N-dealkylation sites (N-methyl/N-ethyl adjacent to an activating group) is 1. The standard InChI is InChI=1S/C21H25FN4O2/c1-14-15(2)26(18-6-4-5-17(22)9-18)21(19(14)10-23)24-20(27)12-25(3)11-16-7-8-28-13-16/h4-6,9,16H,7-8,11-13H2,1-3H3,(H,24,27)/t16-/m0/s1. The summed E-state index contributed by atoms with van der Waals surface area (Å²) in [6.07, 6.45) is 1.01. The number of nitrogens with zero attached hydrogens (tertiary/aromatic N) is 3. The molecule has 1 amide bonds. The fraction of sp³-hybridized carbons (Fsp3) is 0.429. The molecule has 2 heterocycles. The lowest BCUT2D eigenvalue weighted by Crippen LogP contribution is -2.34. The van der Waals surface area contributed by atoms with Crippen molar-refractivity contribution in [1.29, 1.82) is 5.26 Å². The van der Waals surface area contributed by atoms with Crippen molar-refractivity contribution in [3.05, 3.63) is 46.9 Å². The minimum Gasteiger partial charge on any atom is -0.381 e. The summed E-state index contributed by atoms with van der Waals surface area (Å²) in [4.78, 5) is 14.6. The van der Waals surface area contributed by atoms with E-state index in [0.29, 0.717) is 23.0 Å². The molecule has 1 atom stereocenters. The highest BCUT2D eigenvalue weighted by atomic mass is 19.1. The Kier molecular flexibility index (Phi) is 6.12. The average molecular weight is 384 g/mol. The molecule has 1 aliphatic rings. The second kappa shape index (κ2) is 8.55. The van der Waals surface area contributed by atoms with Crippen molar-refractivity contribution < 1.29 is 13.9 Å². The van der Waals surface area contributed by atoms with E-state index < -0.39 is 0 Å². The summed E-state index contributed by atoms with van der Waals surface area (Å²) >= 11 is 0. The minimum atomic E-state index is -0.377. The van der Waals surface area contributed by atoms with E-state index in [4.69, 9.17) is 4.74 Å². The molecule has 28 heavy (non-hydrogen) atoms. The SMILES string of the molecule is Cc1c(C#N)c(NC(=O)CN(C)C[C@@H]2CCOC2)n(-c2cccc(F)c2)c1C. The lowest BCUT2D eigenvalue weighted by molar-refractivity contribution is -0.117. The number of carbonyl (C=O) groups is 1. The topological polar surface area (TPSA) is 70.3 Å². The molecule has 1 aromatic heterocycles. The predicted molar refractivity (Wildman–Crippen MR) is 105 cm³/mol. The van der Waals surface area contributed by atoms with Crippen LogP contribution < -0.4 is 5.32 Å². The second-order valence-corrected chi connectivity index (χ2v) is 7.34. The summed E-state index contributed by atoms with van der Waals surface area (Å²) < 4.78 is 20.9. The summed E-state index contributed by atoms with van der Waals surface area (Å²) in [6.45, 7) is 6.16. The Morgan fingerprint density at radius 1 is 1.46 bits per heavy atom. The number of carbonyl (C=O) groups excluding carboxylic acids is 1. The van der Waals surface area contributed by atoms with E-state index in [0.717, 1.165) is 37.4 Å². The molecule has 3 rings (SSSR count). The number of hydrogen-bond acceptors (Lipinski definition) is 4. The third-order valence-electron chi connectivity index (χ3n) is 5.16. The molecule has 0 radical (unpaired) electrons. The van der Waals surface area contributed by atoms with Crippen LogP contribution in [0.5, 0.6) is 0 Å². The van der Waals surface area contributed by atoms with Crippen LogP contribution in [0.3, 0.4) is 0 Å². The van der Waals surface area contributed by atoms with Crippen LogP contribution in [0.15, 0.2) is 24.3 Å². The Balaban J connectivity index is 1.83. The summed E-state index contributed by atoms with van der Waals surface area (Å²) in [5.41, 5.74) is 2.50. The first-order valence-electron chi connectivity index (χ1n) is 9.34. The van der Waals surface area contributed by atoms with Gasteiger partial charge in [-0.05, 0) is 57.0 Å². The molecule has 0 spiro atoms.